The lowest BCUT2D eigenvalue weighted by Crippen LogP contribution is -2.48. The first-order valence-electron chi connectivity index (χ1n) is 23.7. The molecule has 0 amide bonds. The molecule has 10 nitrogen and oxygen atoms in total. The van der Waals surface area contributed by atoms with Crippen molar-refractivity contribution in [2.24, 2.45) is 10.8 Å². The number of fused-ring (bicyclic) bond motifs is 4. The molecule has 2 heterocycles. The van der Waals surface area contributed by atoms with Crippen molar-refractivity contribution in [3.05, 3.63) is 167 Å². The van der Waals surface area contributed by atoms with Crippen LogP contribution >= 0.6 is 0 Å². The number of aromatic nitrogens is 4. The van der Waals surface area contributed by atoms with Crippen molar-refractivity contribution in [2.75, 3.05) is 13.2 Å². The average Bonchev–Trinajstić information content (AvgIpc) is 3.95. The Morgan fingerprint density at radius 3 is 1.48 bits per heavy atom. The second-order valence-electron chi connectivity index (χ2n) is 20.8. The van der Waals surface area contributed by atoms with Crippen LogP contribution in [0.2, 0.25) is 18.1 Å². The van der Waals surface area contributed by atoms with Gasteiger partial charge in [0.2, 0.25) is 0 Å². The SMILES string of the molecule is CC(C)(C)[Si](C)(C)OC[C@]12Cc3cnn(-c4ccc(F)cc4)c3C=C1CC[C@@H](S(=O)(=O)c1ccccc1)C2.O=S(=O)(c1ccccc1)[C@@H]1CCC2=Cc3c(cnn3-c3ccc(F)cc3)C[C@]2(CO)C1. The van der Waals surface area contributed by atoms with Crippen LogP contribution in [0.1, 0.15) is 81.8 Å². The van der Waals surface area contributed by atoms with Crippen LogP contribution in [0, 0.1) is 22.5 Å². The number of nitrogens with zero attached hydrogens (tertiary/aromatic N) is 4. The number of hydrogen-bond donors (Lipinski definition) is 1. The minimum absolute atomic E-state index is 0.0466. The van der Waals surface area contributed by atoms with Gasteiger partial charge in [0, 0.05) is 17.4 Å². The van der Waals surface area contributed by atoms with Crippen molar-refractivity contribution in [1.82, 2.24) is 19.6 Å². The zero-order chi connectivity index (χ0) is 49.0. The molecule has 2 saturated carbocycles. The van der Waals surface area contributed by atoms with Gasteiger partial charge in [0.25, 0.3) is 0 Å². The normalized spacial score (nSPS) is 22.4. The summed E-state index contributed by atoms with van der Waals surface area (Å²) in [5.41, 5.74) is 6.76. The predicted molar refractivity (Wildman–Crippen MR) is 268 cm³/mol. The number of hydrogen-bond acceptors (Lipinski definition) is 8. The van der Waals surface area contributed by atoms with E-state index < -0.39 is 49.3 Å². The Kier molecular flexibility index (Phi) is 13.0. The number of rotatable bonds is 10. The van der Waals surface area contributed by atoms with Crippen LogP contribution in [0.25, 0.3) is 23.5 Å². The fourth-order valence-corrected chi connectivity index (χ4v) is 15.3. The number of benzene rings is 4. The molecule has 0 bridgehead atoms. The minimum atomic E-state index is -3.48. The summed E-state index contributed by atoms with van der Waals surface area (Å²) in [4.78, 5) is 0.722. The highest BCUT2D eigenvalue weighted by Crippen LogP contribution is 2.53. The molecule has 4 aliphatic carbocycles. The number of aliphatic hydroxyl groups is 1. The zero-order valence-electron chi connectivity index (χ0n) is 39.8. The molecule has 0 spiro atoms. The van der Waals surface area contributed by atoms with Crippen LogP contribution in [0.5, 0.6) is 0 Å². The van der Waals surface area contributed by atoms with Gasteiger partial charge in [-0.3, -0.25) is 0 Å². The Morgan fingerprint density at radius 1 is 0.652 bits per heavy atom. The summed E-state index contributed by atoms with van der Waals surface area (Å²) < 4.78 is 91.2. The maximum atomic E-state index is 13.7. The van der Waals surface area contributed by atoms with E-state index in [-0.39, 0.29) is 23.3 Å². The van der Waals surface area contributed by atoms with Gasteiger partial charge in [-0.05, 0) is 166 Å². The number of halogens is 2. The standard InChI is InChI=1S/C30H37FN2O3SSi.C24H23FN2O3S/c1-29(2,3)38(4,5)36-21-30-18-22-20-32-33(25-14-12-24(31)13-15-25)28(22)17-23(30)11-16-27(19-30)37(34,35)26-9-7-6-8-10-26;25-19-7-9-20(10-8-19)27-23-12-18-6-11-22(31(29,30)21-4-2-1-3-5-21)14-24(18,16-28)13-17(23)15-26-27/h6-10,12-15,17,20,27H,11,16,18-19,21H2,1-5H3;1-5,7-10,12,15,22,28H,6,11,13-14,16H2/t27-,30-;22-,24-/m11/s1. The quantitative estimate of drug-likeness (QED) is 0.134. The van der Waals surface area contributed by atoms with Crippen LogP contribution in [0.4, 0.5) is 8.78 Å². The van der Waals surface area contributed by atoms with E-state index in [2.05, 4.69) is 50.1 Å². The first kappa shape index (κ1) is 48.7. The molecule has 10 rings (SSSR count). The van der Waals surface area contributed by atoms with Crippen LogP contribution in [-0.2, 0) is 36.9 Å². The topological polar surface area (TPSA) is 133 Å². The Bertz CT molecular complexity index is 3130. The van der Waals surface area contributed by atoms with Crippen LogP contribution in [0.15, 0.2) is 143 Å². The minimum Gasteiger partial charge on any atom is -0.416 e. The Hall–Kier alpha value is -5.32. The summed E-state index contributed by atoms with van der Waals surface area (Å²) in [5, 5.41) is 18.6. The lowest BCUT2D eigenvalue weighted by Gasteiger charge is -2.47. The summed E-state index contributed by atoms with van der Waals surface area (Å²) in [6, 6.07) is 29.9. The monoisotopic (exact) mass is 990 g/mol. The third kappa shape index (κ3) is 9.28. The van der Waals surface area contributed by atoms with Gasteiger partial charge >= 0.3 is 0 Å². The maximum Gasteiger partial charge on any atom is 0.192 e. The molecular weight excluding hydrogens is 931 g/mol. The largest absolute Gasteiger partial charge is 0.416 e. The van der Waals surface area contributed by atoms with Gasteiger partial charge in [0.05, 0.1) is 62.1 Å². The summed E-state index contributed by atoms with van der Waals surface area (Å²) in [7, 11) is -9.03. The van der Waals surface area contributed by atoms with E-state index in [0.717, 1.165) is 39.5 Å². The maximum absolute atomic E-state index is 13.7. The zero-order valence-corrected chi connectivity index (χ0v) is 42.4. The number of sulfone groups is 2. The van der Waals surface area contributed by atoms with E-state index >= 15 is 0 Å². The van der Waals surface area contributed by atoms with Crippen molar-refractivity contribution < 1.29 is 35.1 Å². The lowest BCUT2D eigenvalue weighted by molar-refractivity contribution is 0.130. The molecule has 0 radical (unpaired) electrons. The second-order valence-corrected chi connectivity index (χ2v) is 30.1. The van der Waals surface area contributed by atoms with Crippen LogP contribution in [0.3, 0.4) is 0 Å². The molecule has 15 heteroatoms. The molecule has 362 valence electrons. The van der Waals surface area contributed by atoms with Crippen molar-refractivity contribution in [1.29, 1.82) is 0 Å². The van der Waals surface area contributed by atoms with Gasteiger partial charge in [-0.1, -0.05) is 68.3 Å². The lowest BCUT2D eigenvalue weighted by atomic mass is 9.65. The summed E-state index contributed by atoms with van der Waals surface area (Å²) in [6.45, 7) is 11.6. The molecular formula is C54H60F2N4O6S2Si. The smallest absolute Gasteiger partial charge is 0.192 e. The number of aliphatic hydroxyl groups excluding tert-OH is 1. The highest BCUT2D eigenvalue weighted by Gasteiger charge is 2.50. The molecule has 2 fully saturated rings. The second kappa shape index (κ2) is 18.5. The van der Waals surface area contributed by atoms with E-state index in [4.69, 9.17) is 4.43 Å². The fraction of sp³-hybridized carbons (Fsp3) is 0.370. The van der Waals surface area contributed by atoms with Gasteiger partial charge in [0.1, 0.15) is 11.6 Å². The van der Waals surface area contributed by atoms with E-state index in [9.17, 15) is 30.7 Å². The third-order valence-electron chi connectivity index (χ3n) is 15.5. The summed E-state index contributed by atoms with van der Waals surface area (Å²) in [5.74, 6) is -0.590. The molecule has 0 unspecified atom stereocenters. The molecule has 69 heavy (non-hydrogen) atoms. The molecule has 1 N–H and O–H groups in total. The van der Waals surface area contributed by atoms with Crippen molar-refractivity contribution >= 4 is 40.1 Å². The van der Waals surface area contributed by atoms with Gasteiger partial charge in [0.15, 0.2) is 28.0 Å². The highest BCUT2D eigenvalue weighted by atomic mass is 32.2. The third-order valence-corrected chi connectivity index (χ3v) is 24.4. The first-order chi connectivity index (χ1) is 32.7. The molecule has 4 atom stereocenters. The van der Waals surface area contributed by atoms with Crippen LogP contribution in [-0.4, -0.2) is 73.5 Å². The Morgan fingerprint density at radius 2 is 1.06 bits per heavy atom. The molecule has 0 aliphatic heterocycles. The highest BCUT2D eigenvalue weighted by molar-refractivity contribution is 7.92. The van der Waals surface area contributed by atoms with Gasteiger partial charge in [-0.25, -0.2) is 35.0 Å². The summed E-state index contributed by atoms with van der Waals surface area (Å²) >= 11 is 0. The average molecular weight is 991 g/mol. The Balaban J connectivity index is 0.000000175. The van der Waals surface area contributed by atoms with Crippen molar-refractivity contribution in [3.63, 3.8) is 0 Å². The predicted octanol–water partition coefficient (Wildman–Crippen LogP) is 10.9. The summed E-state index contributed by atoms with van der Waals surface area (Å²) in [6.07, 6.45) is 12.4. The Labute approximate surface area is 405 Å². The van der Waals surface area contributed by atoms with Gasteiger partial charge < -0.3 is 9.53 Å². The van der Waals surface area contributed by atoms with Crippen molar-refractivity contribution in [3.8, 4) is 11.4 Å². The van der Waals surface area contributed by atoms with E-state index in [1.807, 2.05) is 23.0 Å². The van der Waals surface area contributed by atoms with E-state index in [1.54, 1.807) is 89.7 Å². The van der Waals surface area contributed by atoms with Gasteiger partial charge in [-0.15, -0.1) is 0 Å². The van der Waals surface area contributed by atoms with E-state index in [1.165, 1.54) is 29.8 Å². The molecule has 2 aromatic heterocycles. The van der Waals surface area contributed by atoms with Crippen LogP contribution < -0.4 is 0 Å². The van der Waals surface area contributed by atoms with E-state index in [0.29, 0.717) is 67.8 Å². The molecule has 0 saturated heterocycles. The first-order valence-corrected chi connectivity index (χ1v) is 29.7. The van der Waals surface area contributed by atoms with Crippen molar-refractivity contribution in [2.45, 2.75) is 111 Å². The molecule has 4 aliphatic rings. The molecule has 6 aromatic rings. The van der Waals surface area contributed by atoms with Gasteiger partial charge in [-0.2, -0.15) is 10.2 Å². The molecule has 4 aromatic carbocycles. The fourth-order valence-electron chi connectivity index (χ4n) is 10.4.